The smallest absolute Gasteiger partial charge is 0.346 e. The van der Waals surface area contributed by atoms with Gasteiger partial charge in [0.25, 0.3) is 0 Å². The lowest BCUT2D eigenvalue weighted by Gasteiger charge is -2.10. The van der Waals surface area contributed by atoms with Crippen molar-refractivity contribution in [2.45, 2.75) is 27.7 Å². The summed E-state index contributed by atoms with van der Waals surface area (Å²) in [4.78, 5) is 24.3. The van der Waals surface area contributed by atoms with Crippen LogP contribution in [-0.4, -0.2) is 11.9 Å². The van der Waals surface area contributed by atoms with Crippen molar-refractivity contribution in [1.82, 2.24) is 0 Å². The van der Waals surface area contributed by atoms with Gasteiger partial charge in [0.1, 0.15) is 0 Å². The number of carbonyl (C=O) groups excluding carboxylic acids is 2. The van der Waals surface area contributed by atoms with E-state index >= 15 is 0 Å². The van der Waals surface area contributed by atoms with Crippen LogP contribution in [-0.2, 0) is 4.74 Å². The summed E-state index contributed by atoms with van der Waals surface area (Å²) >= 11 is 0. The fraction of sp³-hybridized carbons (Fsp3) is 0.222. The van der Waals surface area contributed by atoms with Gasteiger partial charge < -0.3 is 4.74 Å². The fourth-order valence-corrected chi connectivity index (χ4v) is 2.14. The van der Waals surface area contributed by atoms with Crippen LogP contribution in [0.15, 0.2) is 36.4 Å². The highest BCUT2D eigenvalue weighted by Crippen LogP contribution is 2.17. The molecule has 0 saturated carbocycles. The van der Waals surface area contributed by atoms with Crippen LogP contribution >= 0.6 is 0 Å². The Hall–Kier alpha value is -2.42. The van der Waals surface area contributed by atoms with E-state index in [1.54, 1.807) is 24.3 Å². The average Bonchev–Trinajstić information content (AvgIpc) is 2.44. The summed E-state index contributed by atoms with van der Waals surface area (Å²) in [6.07, 6.45) is 0. The number of carbonyl (C=O) groups is 2. The lowest BCUT2D eigenvalue weighted by Crippen LogP contribution is -2.15. The van der Waals surface area contributed by atoms with Crippen LogP contribution in [0.25, 0.3) is 0 Å². The minimum Gasteiger partial charge on any atom is -0.386 e. The third kappa shape index (κ3) is 3.02. The van der Waals surface area contributed by atoms with E-state index < -0.39 is 11.9 Å². The Morgan fingerprint density at radius 3 is 1.48 bits per heavy atom. The second kappa shape index (κ2) is 5.92. The molecule has 0 radical (unpaired) electrons. The van der Waals surface area contributed by atoms with E-state index in [0.717, 1.165) is 22.3 Å². The predicted octanol–water partition coefficient (Wildman–Crippen LogP) is 3.92. The number of hydrogen-bond donors (Lipinski definition) is 0. The van der Waals surface area contributed by atoms with Gasteiger partial charge in [-0.05, 0) is 62.1 Å². The summed E-state index contributed by atoms with van der Waals surface area (Å²) in [5.41, 5.74) is 4.49. The number of benzene rings is 2. The first-order chi connectivity index (χ1) is 9.91. The van der Waals surface area contributed by atoms with E-state index in [1.807, 2.05) is 39.8 Å². The molecule has 0 aliphatic rings. The van der Waals surface area contributed by atoms with Crippen LogP contribution in [0.1, 0.15) is 43.0 Å². The Kier molecular flexibility index (Phi) is 4.22. The molecule has 0 fully saturated rings. The van der Waals surface area contributed by atoms with Crippen molar-refractivity contribution in [2.75, 3.05) is 0 Å². The van der Waals surface area contributed by atoms with Crippen molar-refractivity contribution < 1.29 is 14.3 Å². The second-order valence-corrected chi connectivity index (χ2v) is 5.17. The van der Waals surface area contributed by atoms with E-state index in [2.05, 4.69) is 0 Å². The van der Waals surface area contributed by atoms with Crippen molar-refractivity contribution in [3.05, 3.63) is 69.8 Å². The molecule has 0 spiro atoms. The van der Waals surface area contributed by atoms with E-state index in [-0.39, 0.29) is 0 Å². The quantitative estimate of drug-likeness (QED) is 0.619. The van der Waals surface area contributed by atoms with Gasteiger partial charge in [0.05, 0.1) is 11.1 Å². The third-order valence-electron chi connectivity index (χ3n) is 3.83. The molecule has 3 heteroatoms. The lowest BCUT2D eigenvalue weighted by molar-refractivity contribution is 0.0396. The molecule has 0 amide bonds. The molecule has 0 aliphatic heterocycles. The van der Waals surface area contributed by atoms with Gasteiger partial charge in [0.15, 0.2) is 0 Å². The number of esters is 2. The van der Waals surface area contributed by atoms with Crippen LogP contribution in [0.3, 0.4) is 0 Å². The SMILES string of the molecule is Cc1cccc(C(=O)OC(=O)c2cccc(C)c2C)c1C. The zero-order valence-electron chi connectivity index (χ0n) is 12.7. The Morgan fingerprint density at radius 1 is 0.714 bits per heavy atom. The molecule has 0 atom stereocenters. The van der Waals surface area contributed by atoms with Gasteiger partial charge in [0.2, 0.25) is 0 Å². The molecular formula is C18H18O3. The summed E-state index contributed by atoms with van der Waals surface area (Å²) < 4.78 is 5.02. The van der Waals surface area contributed by atoms with Gasteiger partial charge in [0, 0.05) is 0 Å². The molecule has 2 aromatic carbocycles. The summed E-state index contributed by atoms with van der Waals surface area (Å²) in [5, 5.41) is 0. The molecule has 0 aromatic heterocycles. The number of hydrogen-bond acceptors (Lipinski definition) is 3. The summed E-state index contributed by atoms with van der Waals surface area (Å²) in [6.45, 7) is 7.51. The van der Waals surface area contributed by atoms with Crippen molar-refractivity contribution >= 4 is 11.9 Å². The maximum atomic E-state index is 12.2. The Morgan fingerprint density at radius 2 is 1.10 bits per heavy atom. The summed E-state index contributed by atoms with van der Waals surface area (Å²) in [5.74, 6) is -1.22. The summed E-state index contributed by atoms with van der Waals surface area (Å²) in [6, 6.07) is 10.7. The van der Waals surface area contributed by atoms with Gasteiger partial charge in [-0.15, -0.1) is 0 Å². The first-order valence-electron chi connectivity index (χ1n) is 6.80. The minimum atomic E-state index is -0.609. The highest BCUT2D eigenvalue weighted by atomic mass is 16.6. The van der Waals surface area contributed by atoms with Crippen molar-refractivity contribution in [3.63, 3.8) is 0 Å². The molecule has 2 aromatic rings. The van der Waals surface area contributed by atoms with Crippen LogP contribution in [0.4, 0.5) is 0 Å². The van der Waals surface area contributed by atoms with Gasteiger partial charge >= 0.3 is 11.9 Å². The van der Waals surface area contributed by atoms with E-state index in [4.69, 9.17) is 4.74 Å². The topological polar surface area (TPSA) is 43.4 Å². The van der Waals surface area contributed by atoms with Gasteiger partial charge in [-0.3, -0.25) is 0 Å². The molecule has 2 rings (SSSR count). The number of aryl methyl sites for hydroxylation is 2. The third-order valence-corrected chi connectivity index (χ3v) is 3.83. The Balaban J connectivity index is 2.25. The van der Waals surface area contributed by atoms with E-state index in [9.17, 15) is 9.59 Å². The zero-order valence-corrected chi connectivity index (χ0v) is 12.7. The standard InChI is InChI=1S/C18H18O3/c1-11-7-5-9-15(13(11)3)17(19)21-18(20)16-10-6-8-12(2)14(16)4/h5-10H,1-4H3. The van der Waals surface area contributed by atoms with Crippen LogP contribution in [0, 0.1) is 27.7 Å². The van der Waals surface area contributed by atoms with Crippen LogP contribution in [0.5, 0.6) is 0 Å². The number of rotatable bonds is 2. The molecule has 0 heterocycles. The molecule has 0 bridgehead atoms. The van der Waals surface area contributed by atoms with E-state index in [0.29, 0.717) is 11.1 Å². The molecule has 0 unspecified atom stereocenters. The van der Waals surface area contributed by atoms with Crippen molar-refractivity contribution in [2.24, 2.45) is 0 Å². The van der Waals surface area contributed by atoms with Crippen LogP contribution in [0.2, 0.25) is 0 Å². The molecule has 21 heavy (non-hydrogen) atoms. The zero-order chi connectivity index (χ0) is 15.6. The van der Waals surface area contributed by atoms with Crippen molar-refractivity contribution in [1.29, 1.82) is 0 Å². The van der Waals surface area contributed by atoms with Gasteiger partial charge in [-0.2, -0.15) is 0 Å². The normalized spacial score (nSPS) is 10.3. The predicted molar refractivity (Wildman–Crippen MR) is 81.6 cm³/mol. The maximum absolute atomic E-state index is 12.2. The lowest BCUT2D eigenvalue weighted by atomic mass is 10.0. The molecule has 0 aliphatic carbocycles. The largest absolute Gasteiger partial charge is 0.386 e. The number of ether oxygens (including phenoxy) is 1. The monoisotopic (exact) mass is 282 g/mol. The van der Waals surface area contributed by atoms with Gasteiger partial charge in [-0.25, -0.2) is 9.59 Å². The van der Waals surface area contributed by atoms with Crippen molar-refractivity contribution in [3.8, 4) is 0 Å². The Labute approximate surface area is 124 Å². The highest BCUT2D eigenvalue weighted by molar-refractivity contribution is 6.04. The minimum absolute atomic E-state index is 0.425. The van der Waals surface area contributed by atoms with Crippen LogP contribution < -0.4 is 0 Å². The molecule has 0 saturated heterocycles. The average molecular weight is 282 g/mol. The molecule has 3 nitrogen and oxygen atoms in total. The second-order valence-electron chi connectivity index (χ2n) is 5.17. The fourth-order valence-electron chi connectivity index (χ4n) is 2.14. The first-order valence-corrected chi connectivity index (χ1v) is 6.80. The summed E-state index contributed by atoms with van der Waals surface area (Å²) in [7, 11) is 0. The Bertz CT molecular complexity index is 653. The first kappa shape index (κ1) is 15.0. The molecular weight excluding hydrogens is 264 g/mol. The molecule has 0 N–H and O–H groups in total. The molecule has 108 valence electrons. The maximum Gasteiger partial charge on any atom is 0.346 e. The van der Waals surface area contributed by atoms with E-state index in [1.165, 1.54) is 0 Å². The highest BCUT2D eigenvalue weighted by Gasteiger charge is 2.19. The van der Waals surface area contributed by atoms with Gasteiger partial charge in [-0.1, -0.05) is 24.3 Å².